The SMILES string of the molecule is COc1cc([C@H]2C3=C(COC3=O)Nc3cn(C)nc32)cc2c1OCO2. The molecule has 25 heavy (non-hydrogen) atoms. The minimum Gasteiger partial charge on any atom is -0.493 e. The lowest BCUT2D eigenvalue weighted by molar-refractivity contribution is -0.136. The Bertz CT molecular complexity index is 946. The number of rotatable bonds is 2. The molecule has 0 saturated heterocycles. The van der Waals surface area contributed by atoms with Crippen LogP contribution in [-0.2, 0) is 16.6 Å². The highest BCUT2D eigenvalue weighted by Gasteiger charge is 2.41. The van der Waals surface area contributed by atoms with Gasteiger partial charge in [0.25, 0.3) is 0 Å². The summed E-state index contributed by atoms with van der Waals surface area (Å²) in [5.41, 5.74) is 3.82. The number of hydrogen-bond donors (Lipinski definition) is 1. The Balaban J connectivity index is 1.73. The highest BCUT2D eigenvalue weighted by Crippen LogP contribution is 2.49. The average molecular weight is 341 g/mol. The second-order valence-electron chi connectivity index (χ2n) is 6.09. The van der Waals surface area contributed by atoms with E-state index >= 15 is 0 Å². The normalized spacial score (nSPS) is 20.1. The third kappa shape index (κ3) is 1.93. The number of cyclic esters (lactones) is 1. The lowest BCUT2D eigenvalue weighted by Gasteiger charge is -2.23. The predicted molar refractivity (Wildman–Crippen MR) is 85.8 cm³/mol. The molecule has 1 aromatic heterocycles. The zero-order valence-corrected chi connectivity index (χ0v) is 13.7. The van der Waals surface area contributed by atoms with E-state index in [1.165, 1.54) is 0 Å². The van der Waals surface area contributed by atoms with E-state index in [9.17, 15) is 4.79 Å². The Hall–Kier alpha value is -3.16. The number of aromatic nitrogens is 2. The summed E-state index contributed by atoms with van der Waals surface area (Å²) in [6, 6.07) is 3.73. The van der Waals surface area contributed by atoms with Crippen molar-refractivity contribution < 1.29 is 23.7 Å². The zero-order valence-electron chi connectivity index (χ0n) is 13.7. The van der Waals surface area contributed by atoms with Crippen LogP contribution >= 0.6 is 0 Å². The van der Waals surface area contributed by atoms with Gasteiger partial charge in [0.2, 0.25) is 12.5 Å². The summed E-state index contributed by atoms with van der Waals surface area (Å²) in [5.74, 6) is 1.05. The number of nitrogens with one attached hydrogen (secondary N) is 1. The minimum absolute atomic E-state index is 0.145. The number of anilines is 1. The van der Waals surface area contributed by atoms with Crippen LogP contribution in [0.1, 0.15) is 17.2 Å². The molecule has 5 rings (SSSR count). The lowest BCUT2D eigenvalue weighted by Crippen LogP contribution is -2.19. The molecule has 0 bridgehead atoms. The zero-order chi connectivity index (χ0) is 17.1. The van der Waals surface area contributed by atoms with Gasteiger partial charge in [-0.25, -0.2) is 4.79 Å². The molecular weight excluding hydrogens is 326 g/mol. The van der Waals surface area contributed by atoms with E-state index in [0.29, 0.717) is 22.8 Å². The molecule has 1 atom stereocenters. The molecular formula is C17H15N3O5. The monoisotopic (exact) mass is 341 g/mol. The van der Waals surface area contributed by atoms with Gasteiger partial charge in [-0.1, -0.05) is 0 Å². The summed E-state index contributed by atoms with van der Waals surface area (Å²) in [4.78, 5) is 12.4. The second-order valence-corrected chi connectivity index (χ2v) is 6.09. The molecule has 3 aliphatic rings. The van der Waals surface area contributed by atoms with Crippen molar-refractivity contribution in [2.45, 2.75) is 5.92 Å². The lowest BCUT2D eigenvalue weighted by atomic mass is 9.84. The van der Waals surface area contributed by atoms with Crippen LogP contribution in [0.3, 0.4) is 0 Å². The first kappa shape index (κ1) is 14.2. The Morgan fingerprint density at radius 3 is 3.04 bits per heavy atom. The quantitative estimate of drug-likeness (QED) is 0.829. The van der Waals surface area contributed by atoms with E-state index in [2.05, 4.69) is 10.4 Å². The molecule has 128 valence electrons. The highest BCUT2D eigenvalue weighted by atomic mass is 16.7. The molecule has 0 unspecified atom stereocenters. The molecule has 0 aliphatic carbocycles. The maximum absolute atomic E-state index is 12.4. The maximum atomic E-state index is 12.4. The third-order valence-electron chi connectivity index (χ3n) is 4.61. The summed E-state index contributed by atoms with van der Waals surface area (Å²) >= 11 is 0. The molecule has 8 nitrogen and oxygen atoms in total. The van der Waals surface area contributed by atoms with E-state index in [4.69, 9.17) is 18.9 Å². The first-order valence-electron chi connectivity index (χ1n) is 7.84. The standard InChI is InChI=1S/C17H15N3O5/c1-20-5-9-15(19-20)13(14-10(18-9)6-23-17(14)21)8-3-11(22-2)16-12(4-8)24-7-25-16/h3-5,13,18H,6-7H2,1-2H3/t13-/m0/s1. The van der Waals surface area contributed by atoms with Crippen molar-refractivity contribution >= 4 is 11.7 Å². The van der Waals surface area contributed by atoms with Crippen molar-refractivity contribution in [3.05, 3.63) is 40.9 Å². The number of carbonyl (C=O) groups is 1. The van der Waals surface area contributed by atoms with E-state index in [1.54, 1.807) is 11.8 Å². The van der Waals surface area contributed by atoms with Crippen molar-refractivity contribution in [1.29, 1.82) is 0 Å². The van der Waals surface area contributed by atoms with Crippen LogP contribution in [0, 0.1) is 0 Å². The highest BCUT2D eigenvalue weighted by molar-refractivity contribution is 5.97. The van der Waals surface area contributed by atoms with Gasteiger partial charge < -0.3 is 24.3 Å². The molecule has 0 spiro atoms. The summed E-state index contributed by atoms with van der Waals surface area (Å²) in [6.07, 6.45) is 1.89. The van der Waals surface area contributed by atoms with Crippen LogP contribution < -0.4 is 19.5 Å². The molecule has 0 saturated carbocycles. The van der Waals surface area contributed by atoms with E-state index in [1.807, 2.05) is 25.4 Å². The third-order valence-corrected chi connectivity index (χ3v) is 4.61. The van der Waals surface area contributed by atoms with Gasteiger partial charge in [0.15, 0.2) is 11.5 Å². The molecule has 1 aromatic carbocycles. The van der Waals surface area contributed by atoms with Gasteiger partial charge in [-0.3, -0.25) is 4.68 Å². The number of nitrogens with zero attached hydrogens (tertiary/aromatic N) is 2. The smallest absolute Gasteiger partial charge is 0.337 e. The fourth-order valence-electron chi connectivity index (χ4n) is 3.57. The number of benzene rings is 1. The van der Waals surface area contributed by atoms with Gasteiger partial charge in [-0.05, 0) is 17.7 Å². The number of esters is 1. The van der Waals surface area contributed by atoms with Crippen molar-refractivity contribution in [2.75, 3.05) is 25.8 Å². The van der Waals surface area contributed by atoms with E-state index in [-0.39, 0.29) is 25.3 Å². The first-order chi connectivity index (χ1) is 12.2. The van der Waals surface area contributed by atoms with Gasteiger partial charge in [0.05, 0.1) is 35.7 Å². The van der Waals surface area contributed by atoms with E-state index in [0.717, 1.165) is 22.6 Å². The van der Waals surface area contributed by atoms with Gasteiger partial charge in [0, 0.05) is 13.2 Å². The Morgan fingerprint density at radius 1 is 1.32 bits per heavy atom. The molecule has 2 aromatic rings. The molecule has 1 N–H and O–H groups in total. The number of ether oxygens (including phenoxy) is 4. The van der Waals surface area contributed by atoms with Crippen LogP contribution in [0.2, 0.25) is 0 Å². The average Bonchev–Trinajstić information content (AvgIpc) is 3.30. The summed E-state index contributed by atoms with van der Waals surface area (Å²) in [5, 5.41) is 7.81. The van der Waals surface area contributed by atoms with Crippen LogP contribution in [0.5, 0.6) is 17.2 Å². The minimum atomic E-state index is -0.356. The number of aryl methyl sites for hydroxylation is 1. The first-order valence-corrected chi connectivity index (χ1v) is 7.84. The van der Waals surface area contributed by atoms with Crippen LogP contribution in [0.25, 0.3) is 0 Å². The number of carbonyl (C=O) groups excluding carboxylic acids is 1. The van der Waals surface area contributed by atoms with Crippen LogP contribution in [0.15, 0.2) is 29.6 Å². The van der Waals surface area contributed by atoms with Gasteiger partial charge in [0.1, 0.15) is 6.61 Å². The van der Waals surface area contributed by atoms with Crippen molar-refractivity contribution in [3.63, 3.8) is 0 Å². The Labute approximate surface area is 142 Å². The van der Waals surface area contributed by atoms with Crippen molar-refractivity contribution in [3.8, 4) is 17.2 Å². The fraction of sp³-hybridized carbons (Fsp3) is 0.294. The largest absolute Gasteiger partial charge is 0.493 e. The molecule has 0 amide bonds. The van der Waals surface area contributed by atoms with Crippen LogP contribution in [-0.4, -0.2) is 36.3 Å². The number of hydrogen-bond acceptors (Lipinski definition) is 7. The number of fused-ring (bicyclic) bond motifs is 2. The summed E-state index contributed by atoms with van der Waals surface area (Å²) < 4.78 is 23.4. The summed E-state index contributed by atoms with van der Waals surface area (Å²) in [6.45, 7) is 0.382. The van der Waals surface area contributed by atoms with Crippen molar-refractivity contribution in [2.24, 2.45) is 7.05 Å². The fourth-order valence-corrected chi connectivity index (χ4v) is 3.57. The van der Waals surface area contributed by atoms with Gasteiger partial charge in [-0.2, -0.15) is 5.10 Å². The number of methoxy groups -OCH3 is 1. The Morgan fingerprint density at radius 2 is 2.20 bits per heavy atom. The van der Waals surface area contributed by atoms with Crippen LogP contribution in [0.4, 0.5) is 5.69 Å². The Kier molecular flexibility index (Phi) is 2.79. The molecule has 0 radical (unpaired) electrons. The van der Waals surface area contributed by atoms with Gasteiger partial charge >= 0.3 is 5.97 Å². The predicted octanol–water partition coefficient (Wildman–Crippen LogP) is 1.53. The molecule has 4 heterocycles. The van der Waals surface area contributed by atoms with E-state index < -0.39 is 0 Å². The summed E-state index contributed by atoms with van der Waals surface area (Å²) in [7, 11) is 3.42. The molecule has 0 fully saturated rings. The molecule has 8 heteroatoms. The van der Waals surface area contributed by atoms with Crippen molar-refractivity contribution in [1.82, 2.24) is 9.78 Å². The topological polar surface area (TPSA) is 83.8 Å². The van der Waals surface area contributed by atoms with Gasteiger partial charge in [-0.15, -0.1) is 0 Å². The maximum Gasteiger partial charge on any atom is 0.337 e. The molecule has 3 aliphatic heterocycles. The second kappa shape index (κ2) is 4.92.